The van der Waals surface area contributed by atoms with Gasteiger partial charge in [0.1, 0.15) is 12.4 Å². The van der Waals surface area contributed by atoms with Crippen molar-refractivity contribution in [2.24, 2.45) is 0 Å². The molecule has 0 aliphatic heterocycles. The minimum absolute atomic E-state index is 0.382. The molecule has 2 aromatic carbocycles. The molecule has 0 fully saturated rings. The second kappa shape index (κ2) is 7.68. The van der Waals surface area contributed by atoms with Crippen molar-refractivity contribution in [1.29, 1.82) is 0 Å². The minimum Gasteiger partial charge on any atom is -0.489 e. The summed E-state index contributed by atoms with van der Waals surface area (Å²) in [6, 6.07) is 12.0. The Hall–Kier alpha value is -2.49. The van der Waals surface area contributed by atoms with Crippen LogP contribution in [0, 0.1) is 13.8 Å². The summed E-state index contributed by atoms with van der Waals surface area (Å²) in [5.41, 5.74) is 5.02. The first-order valence-electron chi connectivity index (χ1n) is 7.71. The number of anilines is 1. The van der Waals surface area contributed by atoms with Gasteiger partial charge in [0, 0.05) is 5.56 Å². The van der Waals surface area contributed by atoms with E-state index in [9.17, 15) is 4.79 Å². The summed E-state index contributed by atoms with van der Waals surface area (Å²) in [6.45, 7) is 6.49. The molecule has 0 heterocycles. The lowest BCUT2D eigenvalue weighted by molar-refractivity contribution is 0.187. The third kappa shape index (κ3) is 4.25. The molecule has 0 spiro atoms. The van der Waals surface area contributed by atoms with Crippen molar-refractivity contribution < 1.29 is 14.3 Å². The van der Waals surface area contributed by atoms with Crippen LogP contribution in [0.5, 0.6) is 5.75 Å². The highest BCUT2D eigenvalue weighted by Gasteiger charge is 2.10. The molecule has 0 aliphatic rings. The molecule has 0 saturated heterocycles. The van der Waals surface area contributed by atoms with E-state index in [1.165, 1.54) is 12.7 Å². The van der Waals surface area contributed by atoms with Crippen molar-refractivity contribution in [3.05, 3.63) is 58.7 Å². The molecule has 0 aromatic heterocycles. The Balaban J connectivity index is 2.17. The van der Waals surface area contributed by atoms with Crippen LogP contribution in [0.1, 0.15) is 29.2 Å². The van der Waals surface area contributed by atoms with E-state index in [1.807, 2.05) is 38.1 Å². The van der Waals surface area contributed by atoms with Crippen molar-refractivity contribution >= 4 is 11.8 Å². The van der Waals surface area contributed by atoms with E-state index in [1.54, 1.807) is 0 Å². The Morgan fingerprint density at radius 2 is 1.91 bits per heavy atom. The van der Waals surface area contributed by atoms with Gasteiger partial charge in [-0.1, -0.05) is 37.3 Å². The van der Waals surface area contributed by atoms with Gasteiger partial charge in [-0.25, -0.2) is 4.79 Å². The van der Waals surface area contributed by atoms with Gasteiger partial charge in [-0.15, -0.1) is 0 Å². The second-order valence-corrected chi connectivity index (χ2v) is 5.47. The first kappa shape index (κ1) is 16.9. The third-order valence-corrected chi connectivity index (χ3v) is 3.80. The van der Waals surface area contributed by atoms with Gasteiger partial charge in [-0.3, -0.25) is 5.32 Å². The predicted octanol–water partition coefficient (Wildman–Crippen LogP) is 4.62. The van der Waals surface area contributed by atoms with Crippen LogP contribution in [-0.2, 0) is 17.8 Å². The molecule has 4 heteroatoms. The van der Waals surface area contributed by atoms with Crippen LogP contribution in [0.4, 0.5) is 10.5 Å². The average Bonchev–Trinajstić information content (AvgIpc) is 2.56. The third-order valence-electron chi connectivity index (χ3n) is 3.80. The van der Waals surface area contributed by atoms with Crippen LogP contribution in [0.2, 0.25) is 0 Å². The van der Waals surface area contributed by atoms with E-state index in [4.69, 9.17) is 4.74 Å². The Bertz CT molecular complexity index is 695. The minimum atomic E-state index is -0.482. The summed E-state index contributed by atoms with van der Waals surface area (Å²) in [5.74, 6) is 0.854. The van der Waals surface area contributed by atoms with Crippen molar-refractivity contribution in [3.63, 3.8) is 0 Å². The summed E-state index contributed by atoms with van der Waals surface area (Å²) in [5, 5.41) is 2.76. The molecule has 0 radical (unpaired) electrons. The van der Waals surface area contributed by atoms with Gasteiger partial charge in [0.2, 0.25) is 0 Å². The maximum Gasteiger partial charge on any atom is 0.411 e. The Morgan fingerprint density at radius 1 is 1.13 bits per heavy atom. The fourth-order valence-corrected chi connectivity index (χ4v) is 2.43. The number of hydrogen-bond acceptors (Lipinski definition) is 3. The van der Waals surface area contributed by atoms with E-state index < -0.39 is 6.09 Å². The summed E-state index contributed by atoms with van der Waals surface area (Å²) >= 11 is 0. The normalized spacial score (nSPS) is 10.3. The van der Waals surface area contributed by atoms with E-state index in [2.05, 4.69) is 29.1 Å². The van der Waals surface area contributed by atoms with Crippen molar-refractivity contribution in [1.82, 2.24) is 0 Å². The standard InChI is InChI=1S/C19H23NO3/c1-5-15-9-10-17(14(3)11-15)23-12-16-8-6-7-13(2)18(16)20-19(21)22-4/h6-11H,5,12H2,1-4H3,(H,20,21). The number of nitrogens with one attached hydrogen (secondary N) is 1. The van der Waals surface area contributed by atoms with Crippen molar-refractivity contribution in [3.8, 4) is 5.75 Å². The summed E-state index contributed by atoms with van der Waals surface area (Å²) in [4.78, 5) is 11.5. The summed E-state index contributed by atoms with van der Waals surface area (Å²) in [7, 11) is 1.35. The van der Waals surface area contributed by atoms with Crippen molar-refractivity contribution in [2.45, 2.75) is 33.8 Å². The summed E-state index contributed by atoms with van der Waals surface area (Å²) < 4.78 is 10.6. The molecule has 0 atom stereocenters. The Morgan fingerprint density at radius 3 is 2.57 bits per heavy atom. The number of carbonyl (C=O) groups excluding carboxylic acids is 1. The van der Waals surface area contributed by atoms with Gasteiger partial charge in [-0.05, 0) is 43.0 Å². The Labute approximate surface area is 137 Å². The molecule has 2 aromatic rings. The lowest BCUT2D eigenvalue weighted by atomic mass is 10.1. The highest BCUT2D eigenvalue weighted by Crippen LogP contribution is 2.25. The first-order valence-corrected chi connectivity index (χ1v) is 7.71. The zero-order valence-corrected chi connectivity index (χ0v) is 14.1. The largest absolute Gasteiger partial charge is 0.489 e. The number of carbonyl (C=O) groups is 1. The number of para-hydroxylation sites is 1. The molecular formula is C19H23NO3. The van der Waals surface area contributed by atoms with E-state index in [0.29, 0.717) is 6.61 Å². The molecule has 4 nitrogen and oxygen atoms in total. The molecule has 0 saturated carbocycles. The molecule has 0 unspecified atom stereocenters. The average molecular weight is 313 g/mol. The van der Waals surface area contributed by atoms with Crippen LogP contribution in [0.3, 0.4) is 0 Å². The van der Waals surface area contributed by atoms with Crippen LogP contribution >= 0.6 is 0 Å². The van der Waals surface area contributed by atoms with Gasteiger partial charge >= 0.3 is 6.09 Å². The molecule has 1 amide bonds. The van der Waals surface area contributed by atoms with Gasteiger partial charge in [0.25, 0.3) is 0 Å². The number of benzene rings is 2. The molecule has 0 bridgehead atoms. The molecule has 1 N–H and O–H groups in total. The summed E-state index contributed by atoms with van der Waals surface area (Å²) in [6.07, 6.45) is 0.524. The smallest absolute Gasteiger partial charge is 0.411 e. The van der Waals surface area contributed by atoms with Gasteiger partial charge in [0.15, 0.2) is 0 Å². The van der Waals surface area contributed by atoms with E-state index in [-0.39, 0.29) is 0 Å². The highest BCUT2D eigenvalue weighted by molar-refractivity contribution is 5.86. The van der Waals surface area contributed by atoms with E-state index >= 15 is 0 Å². The predicted molar refractivity (Wildman–Crippen MR) is 92.1 cm³/mol. The molecular weight excluding hydrogens is 290 g/mol. The lowest BCUT2D eigenvalue weighted by Gasteiger charge is -2.15. The number of ether oxygens (including phenoxy) is 2. The van der Waals surface area contributed by atoms with Crippen LogP contribution in [0.15, 0.2) is 36.4 Å². The van der Waals surface area contributed by atoms with Crippen molar-refractivity contribution in [2.75, 3.05) is 12.4 Å². The number of methoxy groups -OCH3 is 1. The second-order valence-electron chi connectivity index (χ2n) is 5.47. The number of hydrogen-bond donors (Lipinski definition) is 1. The van der Waals surface area contributed by atoms with Gasteiger partial charge < -0.3 is 9.47 Å². The topological polar surface area (TPSA) is 47.6 Å². The quantitative estimate of drug-likeness (QED) is 0.876. The van der Waals surface area contributed by atoms with Crippen LogP contribution in [0.25, 0.3) is 0 Å². The lowest BCUT2D eigenvalue weighted by Crippen LogP contribution is -2.14. The highest BCUT2D eigenvalue weighted by atomic mass is 16.5. The maximum atomic E-state index is 11.5. The fourth-order valence-electron chi connectivity index (χ4n) is 2.43. The zero-order chi connectivity index (χ0) is 16.8. The van der Waals surface area contributed by atoms with Gasteiger partial charge in [-0.2, -0.15) is 0 Å². The molecule has 2 rings (SSSR count). The SMILES string of the molecule is CCc1ccc(OCc2cccc(C)c2NC(=O)OC)c(C)c1. The number of rotatable bonds is 5. The van der Waals surface area contributed by atoms with Crippen LogP contribution < -0.4 is 10.1 Å². The maximum absolute atomic E-state index is 11.5. The molecule has 0 aliphatic carbocycles. The molecule has 122 valence electrons. The molecule has 23 heavy (non-hydrogen) atoms. The Kier molecular flexibility index (Phi) is 5.63. The zero-order valence-electron chi connectivity index (χ0n) is 14.1. The number of aryl methyl sites for hydroxylation is 3. The van der Waals surface area contributed by atoms with E-state index in [0.717, 1.165) is 34.5 Å². The van der Waals surface area contributed by atoms with Gasteiger partial charge in [0.05, 0.1) is 12.8 Å². The monoisotopic (exact) mass is 313 g/mol. The van der Waals surface area contributed by atoms with Crippen LogP contribution in [-0.4, -0.2) is 13.2 Å². The number of amides is 1. The fraction of sp³-hybridized carbons (Fsp3) is 0.316. The first-order chi connectivity index (χ1) is 11.0.